The summed E-state index contributed by atoms with van der Waals surface area (Å²) in [5.41, 5.74) is 2.48. The molecule has 0 bridgehead atoms. The van der Waals surface area contributed by atoms with Gasteiger partial charge in [0.2, 0.25) is 11.8 Å². The molecule has 1 heterocycles. The minimum atomic E-state index is -0.337. The van der Waals surface area contributed by atoms with Crippen LogP contribution in [0.5, 0.6) is 0 Å². The van der Waals surface area contributed by atoms with Gasteiger partial charge in [-0.05, 0) is 62.3 Å². The summed E-state index contributed by atoms with van der Waals surface area (Å²) in [6.45, 7) is 6.04. The van der Waals surface area contributed by atoms with Crippen molar-refractivity contribution in [2.24, 2.45) is 5.92 Å². The van der Waals surface area contributed by atoms with Crippen molar-refractivity contribution >= 4 is 45.6 Å². The predicted octanol–water partition coefficient (Wildman–Crippen LogP) is 5.60. The second-order valence-electron chi connectivity index (χ2n) is 7.74. The SMILES string of the molecule is CCCC(=O)Nc1cccc(SC(C)C(=O)Nc2sc3c(c2C#N)CCC(C)C3)c1. The van der Waals surface area contributed by atoms with Gasteiger partial charge in [-0.1, -0.05) is 19.9 Å². The van der Waals surface area contributed by atoms with Crippen LogP contribution in [0.25, 0.3) is 0 Å². The van der Waals surface area contributed by atoms with E-state index in [1.165, 1.54) is 16.6 Å². The van der Waals surface area contributed by atoms with E-state index in [1.54, 1.807) is 11.3 Å². The van der Waals surface area contributed by atoms with Crippen molar-refractivity contribution < 1.29 is 9.59 Å². The summed E-state index contributed by atoms with van der Waals surface area (Å²) in [5, 5.41) is 15.8. The summed E-state index contributed by atoms with van der Waals surface area (Å²) < 4.78 is 0. The molecule has 1 aliphatic carbocycles. The number of thioether (sulfide) groups is 1. The quantitative estimate of drug-likeness (QED) is 0.548. The number of nitrogens with zero attached hydrogens (tertiary/aromatic N) is 1. The number of hydrogen-bond donors (Lipinski definition) is 2. The minimum absolute atomic E-state index is 0.00884. The zero-order valence-corrected chi connectivity index (χ0v) is 19.2. The Hall–Kier alpha value is -2.30. The van der Waals surface area contributed by atoms with Crippen molar-refractivity contribution in [2.75, 3.05) is 10.6 Å². The number of rotatable bonds is 7. The second kappa shape index (κ2) is 10.1. The summed E-state index contributed by atoms with van der Waals surface area (Å²) in [6, 6.07) is 9.82. The molecule has 0 saturated heterocycles. The molecule has 1 aliphatic rings. The highest BCUT2D eigenvalue weighted by molar-refractivity contribution is 8.00. The van der Waals surface area contributed by atoms with Crippen LogP contribution in [0.15, 0.2) is 29.2 Å². The Bertz CT molecular complexity index is 977. The lowest BCUT2D eigenvalue weighted by Gasteiger charge is -2.17. The first-order valence-corrected chi connectivity index (χ1v) is 12.0. The first kappa shape index (κ1) is 22.4. The maximum absolute atomic E-state index is 12.8. The van der Waals surface area contributed by atoms with Crippen molar-refractivity contribution in [3.63, 3.8) is 0 Å². The Balaban J connectivity index is 1.66. The van der Waals surface area contributed by atoms with Gasteiger partial charge in [-0.15, -0.1) is 23.1 Å². The van der Waals surface area contributed by atoms with Crippen molar-refractivity contribution in [3.05, 3.63) is 40.3 Å². The van der Waals surface area contributed by atoms with Crippen LogP contribution in [0.3, 0.4) is 0 Å². The third-order valence-corrected chi connectivity index (χ3v) is 7.40. The van der Waals surface area contributed by atoms with E-state index in [1.807, 2.05) is 38.1 Å². The average molecular weight is 442 g/mol. The number of fused-ring (bicyclic) bond motifs is 1. The van der Waals surface area contributed by atoms with E-state index in [-0.39, 0.29) is 17.1 Å². The Kier molecular flexibility index (Phi) is 7.57. The molecular formula is C23H27N3O2S2. The molecule has 5 nitrogen and oxygen atoms in total. The molecule has 0 radical (unpaired) electrons. The van der Waals surface area contributed by atoms with E-state index in [2.05, 4.69) is 23.6 Å². The fraction of sp³-hybridized carbons (Fsp3) is 0.435. The lowest BCUT2D eigenvalue weighted by Crippen LogP contribution is -2.22. The maximum atomic E-state index is 12.8. The van der Waals surface area contributed by atoms with E-state index in [9.17, 15) is 14.9 Å². The monoisotopic (exact) mass is 441 g/mol. The molecule has 0 aliphatic heterocycles. The zero-order chi connectivity index (χ0) is 21.7. The van der Waals surface area contributed by atoms with Crippen molar-refractivity contribution in [1.82, 2.24) is 0 Å². The van der Waals surface area contributed by atoms with Gasteiger partial charge in [0.1, 0.15) is 11.1 Å². The number of nitrogens with one attached hydrogen (secondary N) is 2. The maximum Gasteiger partial charge on any atom is 0.238 e. The van der Waals surface area contributed by atoms with Gasteiger partial charge < -0.3 is 10.6 Å². The lowest BCUT2D eigenvalue weighted by atomic mass is 9.89. The van der Waals surface area contributed by atoms with E-state index in [0.717, 1.165) is 41.8 Å². The second-order valence-corrected chi connectivity index (χ2v) is 10.3. The van der Waals surface area contributed by atoms with Crippen LogP contribution in [0.2, 0.25) is 0 Å². The molecule has 1 aromatic heterocycles. The Morgan fingerprint density at radius 3 is 2.90 bits per heavy atom. The van der Waals surface area contributed by atoms with Crippen LogP contribution in [-0.4, -0.2) is 17.1 Å². The van der Waals surface area contributed by atoms with Crippen molar-refractivity contribution in [2.45, 2.75) is 63.0 Å². The molecule has 2 atom stereocenters. The third-order valence-electron chi connectivity index (χ3n) is 5.14. The topological polar surface area (TPSA) is 82.0 Å². The summed E-state index contributed by atoms with van der Waals surface area (Å²) in [7, 11) is 0. The third kappa shape index (κ3) is 5.44. The molecule has 3 rings (SSSR count). The number of hydrogen-bond acceptors (Lipinski definition) is 5. The predicted molar refractivity (Wildman–Crippen MR) is 124 cm³/mol. The lowest BCUT2D eigenvalue weighted by molar-refractivity contribution is -0.116. The Labute approximate surface area is 186 Å². The number of nitriles is 1. The van der Waals surface area contributed by atoms with Crippen LogP contribution >= 0.6 is 23.1 Å². The van der Waals surface area contributed by atoms with Crippen LogP contribution in [-0.2, 0) is 22.4 Å². The smallest absolute Gasteiger partial charge is 0.238 e. The number of anilines is 2. The molecule has 2 amide bonds. The molecule has 2 unspecified atom stereocenters. The minimum Gasteiger partial charge on any atom is -0.326 e. The highest BCUT2D eigenvalue weighted by atomic mass is 32.2. The largest absolute Gasteiger partial charge is 0.326 e. The van der Waals surface area contributed by atoms with Crippen LogP contribution in [0.1, 0.15) is 56.0 Å². The highest BCUT2D eigenvalue weighted by Gasteiger charge is 2.25. The number of carbonyl (C=O) groups is 2. The molecule has 30 heavy (non-hydrogen) atoms. The van der Waals surface area contributed by atoms with Gasteiger partial charge >= 0.3 is 0 Å². The molecule has 7 heteroatoms. The summed E-state index contributed by atoms with van der Waals surface area (Å²) >= 11 is 2.98. The van der Waals surface area contributed by atoms with Crippen LogP contribution in [0, 0.1) is 17.2 Å². The Morgan fingerprint density at radius 1 is 1.37 bits per heavy atom. The normalized spacial score (nSPS) is 16.3. The van der Waals surface area contributed by atoms with Gasteiger partial charge in [0.05, 0.1) is 10.8 Å². The summed E-state index contributed by atoms with van der Waals surface area (Å²) in [5.74, 6) is 0.486. The molecule has 2 N–H and O–H groups in total. The van der Waals surface area contributed by atoms with Gasteiger partial charge in [0, 0.05) is 21.9 Å². The van der Waals surface area contributed by atoms with E-state index < -0.39 is 0 Å². The standard InChI is InChI=1S/C23H27N3O2S2/c1-4-6-21(27)25-16-7-5-8-17(12-16)29-15(3)22(28)26-23-19(13-24)18-10-9-14(2)11-20(18)30-23/h5,7-8,12,14-15H,4,6,9-11H2,1-3H3,(H,25,27)(H,26,28). The molecular weight excluding hydrogens is 414 g/mol. The van der Waals surface area contributed by atoms with E-state index in [4.69, 9.17) is 0 Å². The molecule has 0 fully saturated rings. The van der Waals surface area contributed by atoms with E-state index in [0.29, 0.717) is 22.9 Å². The fourth-order valence-electron chi connectivity index (χ4n) is 3.53. The van der Waals surface area contributed by atoms with Crippen molar-refractivity contribution in [3.8, 4) is 6.07 Å². The van der Waals surface area contributed by atoms with Gasteiger partial charge in [-0.25, -0.2) is 0 Å². The highest BCUT2D eigenvalue weighted by Crippen LogP contribution is 2.39. The molecule has 0 saturated carbocycles. The first-order chi connectivity index (χ1) is 14.4. The summed E-state index contributed by atoms with van der Waals surface area (Å²) in [4.78, 5) is 26.8. The summed E-state index contributed by atoms with van der Waals surface area (Å²) in [6.07, 6.45) is 4.26. The van der Waals surface area contributed by atoms with Gasteiger partial charge in [0.15, 0.2) is 0 Å². The number of amides is 2. The van der Waals surface area contributed by atoms with E-state index >= 15 is 0 Å². The number of carbonyl (C=O) groups excluding carboxylic acids is 2. The number of benzene rings is 1. The molecule has 1 aromatic carbocycles. The van der Waals surface area contributed by atoms with Crippen molar-refractivity contribution in [1.29, 1.82) is 5.26 Å². The first-order valence-electron chi connectivity index (χ1n) is 10.3. The van der Waals surface area contributed by atoms with Crippen LogP contribution in [0.4, 0.5) is 10.7 Å². The van der Waals surface area contributed by atoms with Crippen LogP contribution < -0.4 is 10.6 Å². The zero-order valence-electron chi connectivity index (χ0n) is 17.6. The van der Waals surface area contributed by atoms with Gasteiger partial charge in [-0.2, -0.15) is 5.26 Å². The average Bonchev–Trinajstić information content (AvgIpc) is 3.04. The Morgan fingerprint density at radius 2 is 2.17 bits per heavy atom. The molecule has 2 aromatic rings. The molecule has 0 spiro atoms. The van der Waals surface area contributed by atoms with Gasteiger partial charge in [-0.3, -0.25) is 9.59 Å². The molecule has 158 valence electrons. The van der Waals surface area contributed by atoms with Gasteiger partial charge in [0.25, 0.3) is 0 Å². The fourth-order valence-corrected chi connectivity index (χ4v) is 5.82. The number of thiophene rings is 1.